The number of quaternary nitrogens is 1. The summed E-state index contributed by atoms with van der Waals surface area (Å²) in [5.74, 6) is 0.185. The Hall–Kier alpha value is -0.610. The van der Waals surface area contributed by atoms with Gasteiger partial charge in [0.25, 0.3) is 0 Å². The van der Waals surface area contributed by atoms with Crippen molar-refractivity contribution in [3.8, 4) is 0 Å². The van der Waals surface area contributed by atoms with Crippen LogP contribution in [-0.2, 0) is 4.79 Å². The van der Waals surface area contributed by atoms with Gasteiger partial charge in [0.15, 0.2) is 6.17 Å². The number of nitrogens with one attached hydrogen (secondary N) is 1. The van der Waals surface area contributed by atoms with Crippen LogP contribution in [0.2, 0.25) is 0 Å². The predicted octanol–water partition coefficient (Wildman–Crippen LogP) is 9.65. The fourth-order valence-electron chi connectivity index (χ4n) is 5.14. The molecule has 0 aliphatic heterocycles. The van der Waals surface area contributed by atoms with Gasteiger partial charge in [-0.2, -0.15) is 0 Å². The zero-order valence-electron chi connectivity index (χ0n) is 24.7. The fraction of sp³-hybridized carbons (Fsp3) is 0.968. The highest BCUT2D eigenvalue weighted by Gasteiger charge is 2.25. The van der Waals surface area contributed by atoms with Gasteiger partial charge in [-0.15, -0.1) is 0 Å². The van der Waals surface area contributed by atoms with Gasteiger partial charge in [-0.3, -0.25) is 4.79 Å². The summed E-state index contributed by atoms with van der Waals surface area (Å²) < 4.78 is -0.453. The summed E-state index contributed by atoms with van der Waals surface area (Å²) in [7, 11) is 3.27. The van der Waals surface area contributed by atoms with Crippen molar-refractivity contribution in [2.75, 3.05) is 14.1 Å². The van der Waals surface area contributed by atoms with Crippen molar-refractivity contribution in [3.63, 3.8) is 0 Å². The van der Waals surface area contributed by atoms with Crippen LogP contribution in [0.15, 0.2) is 0 Å². The Labute approximate surface area is 220 Å². The van der Waals surface area contributed by atoms with Gasteiger partial charge in [-0.25, -0.2) is 0 Å². The maximum absolute atomic E-state index is 13.1. The lowest BCUT2D eigenvalue weighted by molar-refractivity contribution is -0.869. The molecule has 0 heterocycles. The van der Waals surface area contributed by atoms with Crippen LogP contribution in [0, 0.1) is 11.1 Å². The summed E-state index contributed by atoms with van der Waals surface area (Å²) >= 11 is 0. The molecule has 1 amide bonds. The number of hydroxylamine groups is 3. The third kappa shape index (κ3) is 21.2. The monoisotopic (exact) mass is 496 g/mol. The van der Waals surface area contributed by atoms with Gasteiger partial charge in [-0.1, -0.05) is 149 Å². The molecule has 0 saturated carbocycles. The second-order valence-electron chi connectivity index (χ2n) is 11.5. The highest BCUT2D eigenvalue weighted by molar-refractivity contribution is 5.78. The summed E-state index contributed by atoms with van der Waals surface area (Å²) in [6.07, 6.45) is 28.7. The van der Waals surface area contributed by atoms with Crippen LogP contribution in [-0.4, -0.2) is 30.8 Å². The van der Waals surface area contributed by atoms with E-state index in [0.29, 0.717) is 6.42 Å². The number of amides is 1. The standard InChI is InChI=1S/C31H64N2O2/c1-6-9-11-13-15-17-19-21-23-25-27-29(31(34)32-30(8-3)33(4,5)35)28-26-24-22-20-18-16-14-12-10-7-2/h29-30H,6-28H2,1-5H3,(H,32,34). The summed E-state index contributed by atoms with van der Waals surface area (Å²) in [6.45, 7) is 6.53. The molecule has 0 radical (unpaired) electrons. The Kier molecular flexibility index (Phi) is 23.4. The first-order valence-corrected chi connectivity index (χ1v) is 15.7. The number of hydrogen-bond acceptors (Lipinski definition) is 2. The molecule has 0 bridgehead atoms. The zero-order chi connectivity index (χ0) is 26.2. The van der Waals surface area contributed by atoms with Crippen molar-refractivity contribution in [2.45, 2.75) is 175 Å². The lowest BCUT2D eigenvalue weighted by Gasteiger charge is -2.41. The smallest absolute Gasteiger partial charge is 0.227 e. The van der Waals surface area contributed by atoms with Crippen molar-refractivity contribution in [1.82, 2.24) is 5.32 Å². The maximum Gasteiger partial charge on any atom is 0.227 e. The Balaban J connectivity index is 4.27. The van der Waals surface area contributed by atoms with Crippen molar-refractivity contribution < 1.29 is 9.44 Å². The van der Waals surface area contributed by atoms with Gasteiger partial charge in [0.2, 0.25) is 5.91 Å². The Morgan fingerprint density at radius 1 is 0.600 bits per heavy atom. The Morgan fingerprint density at radius 3 is 1.20 bits per heavy atom. The first kappa shape index (κ1) is 34.4. The Morgan fingerprint density at radius 2 is 0.914 bits per heavy atom. The number of nitrogens with zero attached hydrogens (tertiary/aromatic N) is 1. The van der Waals surface area contributed by atoms with E-state index in [1.165, 1.54) is 116 Å². The van der Waals surface area contributed by atoms with Crippen LogP contribution >= 0.6 is 0 Å². The van der Waals surface area contributed by atoms with E-state index in [9.17, 15) is 10.0 Å². The normalized spacial score (nSPS) is 12.9. The molecule has 0 aliphatic rings. The minimum atomic E-state index is -0.453. The molecular weight excluding hydrogens is 432 g/mol. The number of carbonyl (C=O) groups is 1. The van der Waals surface area contributed by atoms with Crippen molar-refractivity contribution >= 4 is 5.91 Å². The molecule has 4 heteroatoms. The summed E-state index contributed by atoms with van der Waals surface area (Å²) in [5, 5.41) is 15.5. The average Bonchev–Trinajstić information content (AvgIpc) is 2.82. The lowest BCUT2D eigenvalue weighted by Crippen LogP contribution is -2.54. The van der Waals surface area contributed by atoms with E-state index in [-0.39, 0.29) is 18.0 Å². The van der Waals surface area contributed by atoms with Crippen LogP contribution in [0.5, 0.6) is 0 Å². The van der Waals surface area contributed by atoms with Crippen molar-refractivity contribution in [2.24, 2.45) is 5.92 Å². The minimum Gasteiger partial charge on any atom is -0.632 e. The van der Waals surface area contributed by atoms with E-state index in [4.69, 9.17) is 0 Å². The van der Waals surface area contributed by atoms with Gasteiger partial charge in [-0.05, 0) is 12.8 Å². The van der Waals surface area contributed by atoms with E-state index in [2.05, 4.69) is 19.2 Å². The molecule has 4 nitrogen and oxygen atoms in total. The van der Waals surface area contributed by atoms with Gasteiger partial charge in [0, 0.05) is 12.3 Å². The molecule has 1 unspecified atom stereocenters. The first-order valence-electron chi connectivity index (χ1n) is 15.7. The van der Waals surface area contributed by atoms with Gasteiger partial charge < -0.3 is 15.2 Å². The molecule has 0 rings (SSSR count). The van der Waals surface area contributed by atoms with E-state index in [0.717, 1.165) is 25.7 Å². The lowest BCUT2D eigenvalue weighted by atomic mass is 9.93. The molecule has 0 aromatic rings. The van der Waals surface area contributed by atoms with Crippen LogP contribution in [0.4, 0.5) is 0 Å². The molecule has 0 aromatic carbocycles. The largest absolute Gasteiger partial charge is 0.632 e. The maximum atomic E-state index is 13.1. The van der Waals surface area contributed by atoms with Crippen LogP contribution in [0.25, 0.3) is 0 Å². The molecule has 0 aromatic heterocycles. The SMILES string of the molecule is CCCCCCCCCCCCC(CCCCCCCCCCCC)C(=O)NC(CC)[N+](C)(C)[O-]. The summed E-state index contributed by atoms with van der Waals surface area (Å²) in [4.78, 5) is 13.1. The summed E-state index contributed by atoms with van der Waals surface area (Å²) in [6, 6.07) is 0. The number of carbonyl (C=O) groups excluding carboxylic acids is 1. The first-order chi connectivity index (χ1) is 16.9. The predicted molar refractivity (Wildman–Crippen MR) is 154 cm³/mol. The molecule has 0 fully saturated rings. The van der Waals surface area contributed by atoms with Crippen molar-refractivity contribution in [1.29, 1.82) is 0 Å². The number of rotatable bonds is 26. The Bertz CT molecular complexity index is 437. The third-order valence-electron chi connectivity index (χ3n) is 7.63. The molecule has 1 atom stereocenters. The van der Waals surface area contributed by atoms with E-state index in [1.807, 2.05) is 6.92 Å². The molecule has 0 spiro atoms. The van der Waals surface area contributed by atoms with Gasteiger partial charge in [0.05, 0.1) is 14.1 Å². The average molecular weight is 497 g/mol. The molecule has 0 aliphatic carbocycles. The van der Waals surface area contributed by atoms with Crippen LogP contribution in [0.3, 0.4) is 0 Å². The minimum absolute atomic E-state index is 0.0682. The molecule has 0 saturated heterocycles. The highest BCUT2D eigenvalue weighted by Crippen LogP contribution is 2.21. The zero-order valence-corrected chi connectivity index (χ0v) is 24.7. The topological polar surface area (TPSA) is 52.2 Å². The highest BCUT2D eigenvalue weighted by atomic mass is 16.5. The molecule has 1 N–H and O–H groups in total. The summed E-state index contributed by atoms with van der Waals surface area (Å²) in [5.41, 5.74) is 0. The van der Waals surface area contributed by atoms with Gasteiger partial charge in [0.1, 0.15) is 0 Å². The van der Waals surface area contributed by atoms with E-state index in [1.54, 1.807) is 14.1 Å². The van der Waals surface area contributed by atoms with Crippen LogP contribution < -0.4 is 5.32 Å². The van der Waals surface area contributed by atoms with Crippen molar-refractivity contribution in [3.05, 3.63) is 5.21 Å². The number of unbranched alkanes of at least 4 members (excludes halogenated alkanes) is 18. The van der Waals surface area contributed by atoms with Crippen LogP contribution in [0.1, 0.15) is 168 Å². The van der Waals surface area contributed by atoms with E-state index < -0.39 is 4.65 Å². The molecule has 35 heavy (non-hydrogen) atoms. The quantitative estimate of drug-likeness (QED) is 0.0560. The molecule has 210 valence electrons. The number of hydrogen-bond donors (Lipinski definition) is 1. The van der Waals surface area contributed by atoms with Gasteiger partial charge >= 0.3 is 0 Å². The fourth-order valence-corrected chi connectivity index (χ4v) is 5.14. The molecular formula is C31H64N2O2. The second kappa shape index (κ2) is 23.8. The third-order valence-corrected chi connectivity index (χ3v) is 7.63. The van der Waals surface area contributed by atoms with E-state index >= 15 is 0 Å². The second-order valence-corrected chi connectivity index (χ2v) is 11.5.